The largest absolute Gasteiger partial charge is 0.458 e. The molecule has 0 spiro atoms. The molecule has 0 N–H and O–H groups in total. The summed E-state index contributed by atoms with van der Waals surface area (Å²) < 4.78 is 5.08. The molecule has 0 aromatic heterocycles. The van der Waals surface area contributed by atoms with Gasteiger partial charge in [0, 0.05) is 6.42 Å². The van der Waals surface area contributed by atoms with Crippen LogP contribution in [0.25, 0.3) is 0 Å². The van der Waals surface area contributed by atoms with Crippen molar-refractivity contribution in [1.82, 2.24) is 0 Å². The van der Waals surface area contributed by atoms with Gasteiger partial charge in [-0.3, -0.25) is 4.79 Å². The van der Waals surface area contributed by atoms with Crippen LogP contribution in [0.15, 0.2) is 12.2 Å². The molecule has 1 aliphatic rings. The number of ether oxygens (including phenoxy) is 1. The third-order valence-corrected chi connectivity index (χ3v) is 2.74. The number of hydrogen-bond acceptors (Lipinski definition) is 2. The zero-order valence-corrected chi connectivity index (χ0v) is 9.71. The molecule has 0 saturated carbocycles. The summed E-state index contributed by atoms with van der Waals surface area (Å²) in [5.74, 6) is -0.0485. The highest BCUT2D eigenvalue weighted by Crippen LogP contribution is 2.15. The van der Waals surface area contributed by atoms with Crippen LogP contribution in [0.3, 0.4) is 0 Å². The van der Waals surface area contributed by atoms with E-state index in [4.69, 9.17) is 4.74 Å². The monoisotopic (exact) mass is 210 g/mol. The minimum atomic E-state index is -0.0485. The van der Waals surface area contributed by atoms with Gasteiger partial charge in [-0.05, 0) is 25.3 Å². The summed E-state index contributed by atoms with van der Waals surface area (Å²) in [6.45, 7) is 2.23. The van der Waals surface area contributed by atoms with E-state index in [1.54, 1.807) is 0 Å². The van der Waals surface area contributed by atoms with E-state index >= 15 is 0 Å². The van der Waals surface area contributed by atoms with Crippen LogP contribution in [0.4, 0.5) is 0 Å². The van der Waals surface area contributed by atoms with Gasteiger partial charge in [0.1, 0.15) is 6.10 Å². The minimum absolute atomic E-state index is 0.0485. The lowest BCUT2D eigenvalue weighted by molar-refractivity contribution is -0.139. The standard InChI is InChI=1S/C13H22O2/c1-2-3-4-5-6-7-8-9-12-10-11-13(14)15-12/h8-9,12H,2-7,10-11H2,1H3/b9-8-. The Hall–Kier alpha value is -0.790. The first kappa shape index (κ1) is 12.3. The molecule has 0 amide bonds. The van der Waals surface area contributed by atoms with E-state index in [0.29, 0.717) is 6.42 Å². The van der Waals surface area contributed by atoms with Crippen molar-refractivity contribution in [2.45, 2.75) is 64.4 Å². The van der Waals surface area contributed by atoms with Crippen molar-refractivity contribution in [3.8, 4) is 0 Å². The molecule has 86 valence electrons. The van der Waals surface area contributed by atoms with Crippen LogP contribution in [0.2, 0.25) is 0 Å². The van der Waals surface area contributed by atoms with Crippen LogP contribution in [0.1, 0.15) is 58.3 Å². The number of unbranched alkanes of at least 4 members (excludes halogenated alkanes) is 5. The van der Waals surface area contributed by atoms with Crippen molar-refractivity contribution in [3.63, 3.8) is 0 Å². The van der Waals surface area contributed by atoms with Crippen LogP contribution < -0.4 is 0 Å². The molecule has 2 heteroatoms. The van der Waals surface area contributed by atoms with Gasteiger partial charge in [-0.25, -0.2) is 0 Å². The van der Waals surface area contributed by atoms with E-state index in [2.05, 4.69) is 13.0 Å². The summed E-state index contributed by atoms with van der Waals surface area (Å²) in [4.78, 5) is 10.8. The minimum Gasteiger partial charge on any atom is -0.458 e. The maximum absolute atomic E-state index is 10.8. The third-order valence-electron chi connectivity index (χ3n) is 2.74. The Kier molecular flexibility index (Phi) is 6.14. The van der Waals surface area contributed by atoms with Gasteiger partial charge in [-0.1, -0.05) is 38.7 Å². The average Bonchev–Trinajstić information content (AvgIpc) is 2.63. The van der Waals surface area contributed by atoms with Crippen molar-refractivity contribution in [3.05, 3.63) is 12.2 Å². The van der Waals surface area contributed by atoms with Gasteiger partial charge in [-0.15, -0.1) is 0 Å². The topological polar surface area (TPSA) is 26.3 Å². The average molecular weight is 210 g/mol. The van der Waals surface area contributed by atoms with Crippen LogP contribution >= 0.6 is 0 Å². The third kappa shape index (κ3) is 5.60. The molecule has 1 unspecified atom stereocenters. The number of cyclic esters (lactones) is 1. The Morgan fingerprint density at radius 3 is 2.80 bits per heavy atom. The number of carbonyl (C=O) groups is 1. The fourth-order valence-electron chi connectivity index (χ4n) is 1.80. The first-order chi connectivity index (χ1) is 7.33. The maximum Gasteiger partial charge on any atom is 0.306 e. The fraction of sp³-hybridized carbons (Fsp3) is 0.769. The first-order valence-corrected chi connectivity index (χ1v) is 6.19. The highest BCUT2D eigenvalue weighted by molar-refractivity contribution is 5.71. The van der Waals surface area contributed by atoms with Gasteiger partial charge >= 0.3 is 5.97 Å². The van der Waals surface area contributed by atoms with Crippen molar-refractivity contribution >= 4 is 5.97 Å². The quantitative estimate of drug-likeness (QED) is 0.364. The lowest BCUT2D eigenvalue weighted by Crippen LogP contribution is -2.01. The summed E-state index contributed by atoms with van der Waals surface area (Å²) >= 11 is 0. The van der Waals surface area contributed by atoms with Crippen molar-refractivity contribution in [1.29, 1.82) is 0 Å². The Bertz CT molecular complexity index is 209. The van der Waals surface area contributed by atoms with Gasteiger partial charge in [0.25, 0.3) is 0 Å². The Labute approximate surface area is 92.7 Å². The summed E-state index contributed by atoms with van der Waals surface area (Å²) in [6.07, 6.45) is 13.4. The molecule has 0 bridgehead atoms. The molecule has 1 fully saturated rings. The lowest BCUT2D eigenvalue weighted by Gasteiger charge is -2.01. The number of hydrogen-bond donors (Lipinski definition) is 0. The van der Waals surface area contributed by atoms with E-state index in [9.17, 15) is 4.79 Å². The molecular weight excluding hydrogens is 188 g/mol. The van der Waals surface area contributed by atoms with Crippen LogP contribution in [0, 0.1) is 0 Å². The molecular formula is C13H22O2. The Morgan fingerprint density at radius 2 is 2.13 bits per heavy atom. The smallest absolute Gasteiger partial charge is 0.306 e. The molecule has 0 radical (unpaired) electrons. The Morgan fingerprint density at radius 1 is 1.33 bits per heavy atom. The molecule has 0 aromatic rings. The predicted molar refractivity (Wildman–Crippen MR) is 61.6 cm³/mol. The molecule has 1 saturated heterocycles. The van der Waals surface area contributed by atoms with E-state index in [0.717, 1.165) is 12.8 Å². The molecule has 1 atom stereocenters. The second kappa shape index (κ2) is 7.49. The molecule has 0 aromatic carbocycles. The molecule has 1 aliphatic heterocycles. The van der Waals surface area contributed by atoms with E-state index in [-0.39, 0.29) is 12.1 Å². The number of rotatable bonds is 7. The van der Waals surface area contributed by atoms with E-state index < -0.39 is 0 Å². The number of carbonyl (C=O) groups excluding carboxylic acids is 1. The first-order valence-electron chi connectivity index (χ1n) is 6.19. The molecule has 0 aliphatic carbocycles. The van der Waals surface area contributed by atoms with Crippen LogP contribution in [-0.2, 0) is 9.53 Å². The summed E-state index contributed by atoms with van der Waals surface area (Å²) in [7, 11) is 0. The highest BCUT2D eigenvalue weighted by atomic mass is 16.5. The van der Waals surface area contributed by atoms with Gasteiger partial charge in [0.15, 0.2) is 0 Å². The van der Waals surface area contributed by atoms with Crippen molar-refractivity contribution in [2.24, 2.45) is 0 Å². The van der Waals surface area contributed by atoms with Crippen molar-refractivity contribution < 1.29 is 9.53 Å². The second-order valence-corrected chi connectivity index (χ2v) is 4.20. The zero-order valence-electron chi connectivity index (χ0n) is 9.71. The van der Waals surface area contributed by atoms with Gasteiger partial charge in [0.2, 0.25) is 0 Å². The van der Waals surface area contributed by atoms with Gasteiger partial charge < -0.3 is 4.74 Å². The molecule has 1 rings (SSSR count). The second-order valence-electron chi connectivity index (χ2n) is 4.20. The summed E-state index contributed by atoms with van der Waals surface area (Å²) in [5.41, 5.74) is 0. The molecule has 2 nitrogen and oxygen atoms in total. The SMILES string of the molecule is CCCCCCC/C=C\C1CCC(=O)O1. The Balaban J connectivity index is 1.95. The van der Waals surface area contributed by atoms with Crippen LogP contribution in [0.5, 0.6) is 0 Å². The van der Waals surface area contributed by atoms with Crippen molar-refractivity contribution in [2.75, 3.05) is 0 Å². The predicted octanol–water partition coefficient (Wildman–Crippen LogP) is 3.61. The van der Waals surface area contributed by atoms with Gasteiger partial charge in [-0.2, -0.15) is 0 Å². The molecule has 1 heterocycles. The summed E-state index contributed by atoms with van der Waals surface area (Å²) in [6, 6.07) is 0. The fourth-order valence-corrected chi connectivity index (χ4v) is 1.80. The summed E-state index contributed by atoms with van der Waals surface area (Å²) in [5, 5.41) is 0. The zero-order chi connectivity index (χ0) is 10.9. The highest BCUT2D eigenvalue weighted by Gasteiger charge is 2.19. The normalized spacial score (nSPS) is 21.1. The molecule has 15 heavy (non-hydrogen) atoms. The van der Waals surface area contributed by atoms with Crippen LogP contribution in [-0.4, -0.2) is 12.1 Å². The maximum atomic E-state index is 10.8. The van der Waals surface area contributed by atoms with E-state index in [1.807, 2.05) is 6.08 Å². The van der Waals surface area contributed by atoms with E-state index in [1.165, 1.54) is 32.1 Å². The number of esters is 1. The van der Waals surface area contributed by atoms with Gasteiger partial charge in [0.05, 0.1) is 0 Å². The number of allylic oxidation sites excluding steroid dienone is 1. The lowest BCUT2D eigenvalue weighted by atomic mass is 10.1.